The number of carboxylic acid groups (broad SMARTS) is 1. The summed E-state index contributed by atoms with van der Waals surface area (Å²) in [6, 6.07) is 7.08. The fourth-order valence-electron chi connectivity index (χ4n) is 3.17. The molecule has 7 heteroatoms. The molecular formula is C17H19N3O4. The fraction of sp³-hybridized carbons (Fsp3) is 0.412. The van der Waals surface area contributed by atoms with Crippen LogP contribution in [-0.2, 0) is 23.1 Å². The monoisotopic (exact) mass is 329 g/mol. The zero-order valence-electron chi connectivity index (χ0n) is 13.4. The summed E-state index contributed by atoms with van der Waals surface area (Å²) in [6.07, 6.45) is 1.34. The van der Waals surface area contributed by atoms with E-state index >= 15 is 0 Å². The van der Waals surface area contributed by atoms with Crippen molar-refractivity contribution in [1.29, 1.82) is 0 Å². The maximum atomic E-state index is 12.6. The predicted molar refractivity (Wildman–Crippen MR) is 87.6 cm³/mol. The second-order valence-electron chi connectivity index (χ2n) is 6.11. The molecule has 24 heavy (non-hydrogen) atoms. The number of nitrogens with zero attached hydrogens (tertiary/aromatic N) is 3. The first kappa shape index (κ1) is 16.2. The molecule has 1 atom stereocenters. The summed E-state index contributed by atoms with van der Waals surface area (Å²) in [7, 11) is 1.56. The zero-order chi connectivity index (χ0) is 17.3. The van der Waals surface area contributed by atoms with E-state index in [0.29, 0.717) is 35.9 Å². The van der Waals surface area contributed by atoms with Gasteiger partial charge in [0.15, 0.2) is 0 Å². The molecule has 0 unspecified atom stereocenters. The Kier molecular flexibility index (Phi) is 4.33. The van der Waals surface area contributed by atoms with Gasteiger partial charge in [0.25, 0.3) is 5.56 Å². The normalized spacial score (nSPS) is 17.9. The number of carboxylic acids is 1. The Morgan fingerprint density at radius 2 is 2.00 bits per heavy atom. The molecule has 0 aliphatic carbocycles. The maximum Gasteiger partial charge on any atom is 0.308 e. The van der Waals surface area contributed by atoms with Crippen LogP contribution in [0.5, 0.6) is 0 Å². The number of carbonyl (C=O) groups excluding carboxylic acids is 1. The third-order valence-corrected chi connectivity index (χ3v) is 4.48. The van der Waals surface area contributed by atoms with Crippen LogP contribution in [0.4, 0.5) is 0 Å². The molecule has 2 aromatic rings. The first-order valence-electron chi connectivity index (χ1n) is 7.93. The minimum absolute atomic E-state index is 0.0565. The summed E-state index contributed by atoms with van der Waals surface area (Å²) < 4.78 is 1.24. The number of aromatic nitrogens is 2. The molecule has 1 aromatic heterocycles. The van der Waals surface area contributed by atoms with Crippen molar-refractivity contribution < 1.29 is 14.7 Å². The second kappa shape index (κ2) is 6.43. The van der Waals surface area contributed by atoms with E-state index in [1.54, 1.807) is 36.2 Å². The highest BCUT2D eigenvalue weighted by Gasteiger charge is 2.28. The van der Waals surface area contributed by atoms with Crippen molar-refractivity contribution in [2.24, 2.45) is 13.0 Å². The van der Waals surface area contributed by atoms with Crippen molar-refractivity contribution in [3.05, 3.63) is 40.3 Å². The first-order chi connectivity index (χ1) is 11.5. The number of aliphatic carboxylic acids is 1. The summed E-state index contributed by atoms with van der Waals surface area (Å²) in [5.41, 5.74) is 0.334. The van der Waals surface area contributed by atoms with Crippen LogP contribution in [0.2, 0.25) is 0 Å². The average molecular weight is 329 g/mol. The SMILES string of the molecule is Cn1nc(CC(=O)N2CCC[C@H](C(=O)O)C2)c2ccccc2c1=O. The van der Waals surface area contributed by atoms with Gasteiger partial charge >= 0.3 is 5.97 Å². The van der Waals surface area contributed by atoms with Gasteiger partial charge in [-0.1, -0.05) is 18.2 Å². The number of rotatable bonds is 3. The van der Waals surface area contributed by atoms with E-state index in [1.165, 1.54) is 4.68 Å². The fourth-order valence-corrected chi connectivity index (χ4v) is 3.17. The van der Waals surface area contributed by atoms with Crippen LogP contribution < -0.4 is 5.56 Å². The Morgan fingerprint density at radius 3 is 2.71 bits per heavy atom. The quantitative estimate of drug-likeness (QED) is 0.899. The summed E-state index contributed by atoms with van der Waals surface area (Å²) in [4.78, 5) is 37.4. The van der Waals surface area contributed by atoms with Gasteiger partial charge in [-0.2, -0.15) is 5.10 Å². The molecule has 1 aliphatic rings. The Morgan fingerprint density at radius 1 is 1.29 bits per heavy atom. The Labute approximate surface area is 138 Å². The molecule has 3 rings (SSSR count). The second-order valence-corrected chi connectivity index (χ2v) is 6.11. The molecule has 2 heterocycles. The van der Waals surface area contributed by atoms with Crippen LogP contribution in [0.3, 0.4) is 0 Å². The van der Waals surface area contributed by atoms with Gasteiger partial charge in [-0.25, -0.2) is 4.68 Å². The highest BCUT2D eigenvalue weighted by atomic mass is 16.4. The summed E-state index contributed by atoms with van der Waals surface area (Å²) in [5, 5.41) is 14.6. The maximum absolute atomic E-state index is 12.6. The van der Waals surface area contributed by atoms with Crippen LogP contribution in [0.15, 0.2) is 29.1 Å². The molecular weight excluding hydrogens is 310 g/mol. The minimum Gasteiger partial charge on any atom is -0.481 e. The van der Waals surface area contributed by atoms with Crippen LogP contribution >= 0.6 is 0 Å². The number of fused-ring (bicyclic) bond motifs is 1. The Balaban J connectivity index is 1.87. The minimum atomic E-state index is -0.863. The zero-order valence-corrected chi connectivity index (χ0v) is 13.4. The number of aryl methyl sites for hydroxylation is 1. The average Bonchev–Trinajstić information content (AvgIpc) is 2.59. The van der Waals surface area contributed by atoms with E-state index < -0.39 is 11.9 Å². The molecule has 0 saturated carbocycles. The molecule has 7 nitrogen and oxygen atoms in total. The highest BCUT2D eigenvalue weighted by Crippen LogP contribution is 2.19. The molecule has 1 amide bonds. The number of piperidine rings is 1. The summed E-state index contributed by atoms with van der Waals surface area (Å²) >= 11 is 0. The largest absolute Gasteiger partial charge is 0.481 e. The highest BCUT2D eigenvalue weighted by molar-refractivity contribution is 5.88. The van der Waals surface area contributed by atoms with Crippen molar-refractivity contribution in [1.82, 2.24) is 14.7 Å². The van der Waals surface area contributed by atoms with Gasteiger partial charge in [0.1, 0.15) is 0 Å². The summed E-state index contributed by atoms with van der Waals surface area (Å²) in [5.74, 6) is -1.53. The Bertz CT molecular complexity index is 859. The third kappa shape index (κ3) is 3.02. The first-order valence-corrected chi connectivity index (χ1v) is 7.93. The van der Waals surface area contributed by atoms with E-state index in [1.807, 2.05) is 0 Å². The van der Waals surface area contributed by atoms with E-state index in [4.69, 9.17) is 5.11 Å². The molecule has 126 valence electrons. The lowest BCUT2D eigenvalue weighted by atomic mass is 9.98. The van der Waals surface area contributed by atoms with Crippen molar-refractivity contribution in [2.45, 2.75) is 19.3 Å². The lowest BCUT2D eigenvalue weighted by Crippen LogP contribution is -2.43. The Hall–Kier alpha value is -2.70. The van der Waals surface area contributed by atoms with Crippen molar-refractivity contribution in [3.8, 4) is 0 Å². The topological polar surface area (TPSA) is 92.5 Å². The molecule has 1 aliphatic heterocycles. The van der Waals surface area contributed by atoms with Gasteiger partial charge in [0, 0.05) is 25.5 Å². The van der Waals surface area contributed by atoms with Crippen molar-refractivity contribution in [3.63, 3.8) is 0 Å². The summed E-state index contributed by atoms with van der Waals surface area (Å²) in [6.45, 7) is 0.796. The molecule has 0 bridgehead atoms. The number of amides is 1. The lowest BCUT2D eigenvalue weighted by Gasteiger charge is -2.30. The lowest BCUT2D eigenvalue weighted by molar-refractivity contribution is -0.145. The molecule has 1 aromatic carbocycles. The van der Waals surface area contributed by atoms with Gasteiger partial charge in [-0.3, -0.25) is 14.4 Å². The van der Waals surface area contributed by atoms with Crippen molar-refractivity contribution >= 4 is 22.6 Å². The van der Waals surface area contributed by atoms with E-state index in [9.17, 15) is 14.4 Å². The van der Waals surface area contributed by atoms with E-state index in [-0.39, 0.29) is 24.4 Å². The van der Waals surface area contributed by atoms with Gasteiger partial charge in [0.05, 0.1) is 23.4 Å². The smallest absolute Gasteiger partial charge is 0.308 e. The standard InChI is InChI=1S/C17H19N3O4/c1-19-16(22)13-7-3-2-6-12(13)14(18-19)9-15(21)20-8-4-5-11(10-20)17(23)24/h2-3,6-7,11H,4-5,8-10H2,1H3,(H,23,24)/t11-/m0/s1. The molecule has 0 spiro atoms. The van der Waals surface area contributed by atoms with Gasteiger partial charge in [-0.05, 0) is 18.9 Å². The predicted octanol–water partition coefficient (Wildman–Crippen LogP) is 0.799. The van der Waals surface area contributed by atoms with E-state index in [2.05, 4.69) is 5.10 Å². The van der Waals surface area contributed by atoms with E-state index in [0.717, 1.165) is 0 Å². The molecule has 1 saturated heterocycles. The number of likely N-dealkylation sites (tertiary alicyclic amines) is 1. The number of hydrogen-bond acceptors (Lipinski definition) is 4. The van der Waals surface area contributed by atoms with Gasteiger partial charge in [0.2, 0.25) is 5.91 Å². The number of carbonyl (C=O) groups is 2. The van der Waals surface area contributed by atoms with Gasteiger partial charge < -0.3 is 10.0 Å². The number of hydrogen-bond donors (Lipinski definition) is 1. The van der Waals surface area contributed by atoms with Crippen molar-refractivity contribution in [2.75, 3.05) is 13.1 Å². The third-order valence-electron chi connectivity index (χ3n) is 4.48. The molecule has 1 N–H and O–H groups in total. The number of benzene rings is 1. The van der Waals surface area contributed by atoms with Crippen LogP contribution in [0.25, 0.3) is 10.8 Å². The van der Waals surface area contributed by atoms with Crippen LogP contribution in [0, 0.1) is 5.92 Å². The molecule has 0 radical (unpaired) electrons. The van der Waals surface area contributed by atoms with Crippen LogP contribution in [0.1, 0.15) is 18.5 Å². The van der Waals surface area contributed by atoms with Crippen LogP contribution in [-0.4, -0.2) is 44.8 Å². The van der Waals surface area contributed by atoms with Gasteiger partial charge in [-0.15, -0.1) is 0 Å². The molecule has 1 fully saturated rings.